The van der Waals surface area contributed by atoms with Crippen LogP contribution in [0.3, 0.4) is 0 Å². The predicted molar refractivity (Wildman–Crippen MR) is 73.9 cm³/mol. The second-order valence-corrected chi connectivity index (χ2v) is 5.54. The molecule has 1 rings (SSSR count). The summed E-state index contributed by atoms with van der Waals surface area (Å²) in [5, 5.41) is 0. The average molecular weight is 302 g/mol. The van der Waals surface area contributed by atoms with Crippen LogP contribution in [-0.2, 0) is 19.9 Å². The lowest BCUT2D eigenvalue weighted by Gasteiger charge is -2.09. The fourth-order valence-electron chi connectivity index (χ4n) is 1.53. The van der Waals surface area contributed by atoms with Gasteiger partial charge in [0.2, 0.25) is 5.91 Å². The van der Waals surface area contributed by atoms with Gasteiger partial charge >= 0.3 is 10.3 Å². The van der Waals surface area contributed by atoms with Crippen molar-refractivity contribution in [3.63, 3.8) is 0 Å². The highest BCUT2D eigenvalue weighted by Crippen LogP contribution is 2.17. The van der Waals surface area contributed by atoms with Crippen molar-refractivity contribution < 1.29 is 22.2 Å². The van der Waals surface area contributed by atoms with E-state index in [2.05, 4.69) is 0 Å². The number of ketones is 1. The van der Waals surface area contributed by atoms with Crippen LogP contribution in [0.1, 0.15) is 24.5 Å². The summed E-state index contributed by atoms with van der Waals surface area (Å²) in [6.07, 6.45) is -0.505. The van der Waals surface area contributed by atoms with Crippen molar-refractivity contribution in [2.45, 2.75) is 27.2 Å². The minimum absolute atomic E-state index is 0. The van der Waals surface area contributed by atoms with Gasteiger partial charge in [-0.3, -0.25) is 9.59 Å². The minimum Gasteiger partial charge on any atom is -0.367 e. The molecule has 0 aliphatic heterocycles. The van der Waals surface area contributed by atoms with Gasteiger partial charge in [-0.25, -0.2) is 4.72 Å². The number of hydrogen-bond acceptors (Lipinski definition) is 6. The first kappa shape index (κ1) is 18.1. The highest BCUT2D eigenvalue weighted by atomic mass is 32.2. The minimum atomic E-state index is -4.26. The van der Waals surface area contributed by atoms with Gasteiger partial charge in [0.05, 0.1) is 6.42 Å². The molecule has 0 aliphatic rings. The van der Waals surface area contributed by atoms with Crippen molar-refractivity contribution in [2.75, 3.05) is 0 Å². The number of hydrogen-bond donors (Lipinski definition) is 2. The Morgan fingerprint density at radius 3 is 2.10 bits per heavy atom. The summed E-state index contributed by atoms with van der Waals surface area (Å²) >= 11 is 0. The molecular weight excluding hydrogens is 284 g/mol. The van der Waals surface area contributed by atoms with E-state index >= 15 is 0 Å². The normalized spacial score (nSPS) is 10.3. The summed E-state index contributed by atoms with van der Waals surface area (Å²) in [4.78, 5) is 21.9. The van der Waals surface area contributed by atoms with E-state index in [0.717, 1.165) is 11.1 Å². The Labute approximate surface area is 118 Å². The maximum absolute atomic E-state index is 11.5. The van der Waals surface area contributed by atoms with E-state index in [1.54, 1.807) is 18.6 Å². The Balaban J connectivity index is 0.00000361. The molecule has 1 aromatic rings. The van der Waals surface area contributed by atoms with Gasteiger partial charge in [-0.05, 0) is 44.0 Å². The number of Topliss-reactive ketones (excluding diaryl/α,β-unsaturated/α-hetero) is 1. The van der Waals surface area contributed by atoms with Crippen LogP contribution in [0.5, 0.6) is 5.75 Å². The molecule has 0 unspecified atom stereocenters. The van der Waals surface area contributed by atoms with E-state index < -0.39 is 28.4 Å². The fraction of sp³-hybridized carbons (Fsp3) is 0.333. The van der Waals surface area contributed by atoms with Crippen molar-refractivity contribution >= 4 is 22.0 Å². The molecule has 0 saturated carbocycles. The average Bonchev–Trinajstić information content (AvgIpc) is 2.10. The van der Waals surface area contributed by atoms with Crippen LogP contribution in [0.2, 0.25) is 0 Å². The predicted octanol–water partition coefficient (Wildman–Crippen LogP) is 1.18. The molecule has 8 heteroatoms. The van der Waals surface area contributed by atoms with Crippen molar-refractivity contribution in [1.82, 2.24) is 10.9 Å². The number of amides is 1. The molecule has 20 heavy (non-hydrogen) atoms. The second kappa shape index (κ2) is 7.01. The van der Waals surface area contributed by atoms with E-state index in [4.69, 9.17) is 4.18 Å². The molecule has 1 aromatic carbocycles. The fourth-order valence-corrected chi connectivity index (χ4v) is 2.27. The molecule has 0 radical (unpaired) electrons. The van der Waals surface area contributed by atoms with Crippen LogP contribution < -0.4 is 15.1 Å². The van der Waals surface area contributed by atoms with Crippen LogP contribution in [0, 0.1) is 13.8 Å². The van der Waals surface area contributed by atoms with Gasteiger partial charge in [0, 0.05) is 0 Å². The number of benzene rings is 1. The topological polar surface area (TPSA) is 125 Å². The number of nitrogens with one attached hydrogen (secondary N) is 1. The van der Waals surface area contributed by atoms with Gasteiger partial charge in [0.1, 0.15) is 11.5 Å². The standard InChI is InChI=1S/C12H15NO5S.H3N/c1-8-4-9(2)6-11(5-8)18-19(16,17)13-12(15)7-10(3)14;/h4-6H,7H2,1-3H3,(H,13,15);1H3. The lowest BCUT2D eigenvalue weighted by Crippen LogP contribution is -2.34. The Morgan fingerprint density at radius 2 is 1.65 bits per heavy atom. The lowest BCUT2D eigenvalue weighted by molar-refractivity contribution is -0.126. The van der Waals surface area contributed by atoms with Gasteiger partial charge in [0.15, 0.2) is 0 Å². The maximum Gasteiger partial charge on any atom is 0.409 e. The third kappa shape index (κ3) is 6.30. The van der Waals surface area contributed by atoms with Gasteiger partial charge in [0.25, 0.3) is 0 Å². The summed E-state index contributed by atoms with van der Waals surface area (Å²) in [7, 11) is -4.26. The Kier molecular flexibility index (Phi) is 6.34. The number of aryl methyl sites for hydroxylation is 2. The third-order valence-electron chi connectivity index (χ3n) is 2.05. The molecule has 0 heterocycles. The Hall–Kier alpha value is -1.93. The molecular formula is C12H18N2O5S. The van der Waals surface area contributed by atoms with E-state index in [9.17, 15) is 18.0 Å². The number of carbonyl (C=O) groups excluding carboxylic acids is 2. The SMILES string of the molecule is CC(=O)CC(=O)NS(=O)(=O)Oc1cc(C)cc(C)c1.N. The molecule has 0 aliphatic carbocycles. The van der Waals surface area contributed by atoms with Gasteiger partial charge < -0.3 is 10.3 Å². The maximum atomic E-state index is 11.5. The molecule has 0 spiro atoms. The van der Waals surface area contributed by atoms with Crippen LogP contribution in [0.15, 0.2) is 18.2 Å². The number of carbonyl (C=O) groups is 2. The van der Waals surface area contributed by atoms with Gasteiger partial charge in [-0.1, -0.05) is 6.07 Å². The molecule has 112 valence electrons. The van der Waals surface area contributed by atoms with Crippen molar-refractivity contribution in [3.8, 4) is 5.75 Å². The van der Waals surface area contributed by atoms with Crippen molar-refractivity contribution in [1.29, 1.82) is 0 Å². The molecule has 0 atom stereocenters. The third-order valence-corrected chi connectivity index (χ3v) is 2.94. The summed E-state index contributed by atoms with van der Waals surface area (Å²) in [5.41, 5.74) is 1.67. The zero-order valence-corrected chi connectivity index (χ0v) is 12.4. The highest BCUT2D eigenvalue weighted by Gasteiger charge is 2.17. The smallest absolute Gasteiger partial charge is 0.367 e. The highest BCUT2D eigenvalue weighted by molar-refractivity contribution is 7.85. The molecule has 4 N–H and O–H groups in total. The first-order valence-electron chi connectivity index (χ1n) is 5.51. The van der Waals surface area contributed by atoms with E-state index in [0.29, 0.717) is 0 Å². The van der Waals surface area contributed by atoms with Crippen LogP contribution in [0.4, 0.5) is 0 Å². The molecule has 0 aromatic heterocycles. The molecule has 1 amide bonds. The number of rotatable bonds is 5. The lowest BCUT2D eigenvalue weighted by atomic mass is 10.1. The largest absolute Gasteiger partial charge is 0.409 e. The van der Waals surface area contributed by atoms with E-state index in [1.807, 2.05) is 6.07 Å². The molecule has 7 nitrogen and oxygen atoms in total. The molecule has 0 bridgehead atoms. The first-order chi connectivity index (χ1) is 8.68. The molecule has 0 fully saturated rings. The van der Waals surface area contributed by atoms with Crippen molar-refractivity contribution in [2.24, 2.45) is 0 Å². The molecule has 0 saturated heterocycles. The zero-order chi connectivity index (χ0) is 14.6. The Morgan fingerprint density at radius 1 is 1.15 bits per heavy atom. The monoisotopic (exact) mass is 302 g/mol. The summed E-state index contributed by atoms with van der Waals surface area (Å²) < 4.78 is 29.5. The van der Waals surface area contributed by atoms with E-state index in [1.165, 1.54) is 19.1 Å². The second-order valence-electron chi connectivity index (χ2n) is 4.26. The van der Waals surface area contributed by atoms with E-state index in [-0.39, 0.29) is 11.9 Å². The summed E-state index contributed by atoms with van der Waals surface area (Å²) in [6, 6.07) is 4.91. The van der Waals surface area contributed by atoms with Crippen LogP contribution in [-0.4, -0.2) is 20.1 Å². The van der Waals surface area contributed by atoms with Crippen molar-refractivity contribution in [3.05, 3.63) is 29.3 Å². The van der Waals surface area contributed by atoms with Crippen LogP contribution >= 0.6 is 0 Å². The summed E-state index contributed by atoms with van der Waals surface area (Å²) in [5.74, 6) is -1.24. The first-order valence-corrected chi connectivity index (χ1v) is 6.91. The van der Waals surface area contributed by atoms with Gasteiger partial charge in [-0.2, -0.15) is 8.42 Å². The Bertz CT molecular complexity index is 590. The summed E-state index contributed by atoms with van der Waals surface area (Å²) in [6.45, 7) is 4.78. The quantitative estimate of drug-likeness (QED) is 0.787. The van der Waals surface area contributed by atoms with Crippen LogP contribution in [0.25, 0.3) is 0 Å². The van der Waals surface area contributed by atoms with Gasteiger partial charge in [-0.15, -0.1) is 0 Å². The zero-order valence-electron chi connectivity index (χ0n) is 11.6.